The average molecular weight is 255 g/mol. The molecule has 0 aliphatic carbocycles. The molecule has 2 N–H and O–H groups in total. The molecule has 0 amide bonds. The summed E-state index contributed by atoms with van der Waals surface area (Å²) in [4.78, 5) is 0. The molecule has 0 radical (unpaired) electrons. The zero-order valence-corrected chi connectivity index (χ0v) is 11.8. The van der Waals surface area contributed by atoms with Crippen LogP contribution in [0.4, 0.5) is 0 Å². The van der Waals surface area contributed by atoms with E-state index in [-0.39, 0.29) is 12.1 Å². The van der Waals surface area contributed by atoms with Crippen LogP contribution < -0.4 is 10.5 Å². The van der Waals surface area contributed by atoms with Gasteiger partial charge in [-0.25, -0.2) is 0 Å². The Labute approximate surface area is 115 Å². The molecule has 0 aromatic heterocycles. The van der Waals surface area contributed by atoms with Crippen molar-refractivity contribution < 1.29 is 4.74 Å². The van der Waals surface area contributed by atoms with Crippen molar-refractivity contribution in [3.63, 3.8) is 0 Å². The van der Waals surface area contributed by atoms with Crippen molar-refractivity contribution in [2.24, 2.45) is 5.73 Å². The van der Waals surface area contributed by atoms with Crippen molar-refractivity contribution >= 4 is 0 Å². The van der Waals surface area contributed by atoms with Gasteiger partial charge in [0.15, 0.2) is 0 Å². The molecule has 2 aromatic carbocycles. The van der Waals surface area contributed by atoms with E-state index in [1.165, 1.54) is 5.56 Å². The van der Waals surface area contributed by atoms with Crippen LogP contribution in [0.3, 0.4) is 0 Å². The van der Waals surface area contributed by atoms with Gasteiger partial charge in [-0.05, 0) is 43.5 Å². The van der Waals surface area contributed by atoms with Gasteiger partial charge in [0.2, 0.25) is 0 Å². The van der Waals surface area contributed by atoms with E-state index in [1.54, 1.807) is 0 Å². The smallest absolute Gasteiger partial charge is 0.122 e. The van der Waals surface area contributed by atoms with Gasteiger partial charge in [0.1, 0.15) is 11.9 Å². The zero-order chi connectivity index (χ0) is 13.8. The maximum Gasteiger partial charge on any atom is 0.122 e. The number of hydrogen-bond donors (Lipinski definition) is 1. The maximum atomic E-state index is 6.25. The number of nitrogens with two attached hydrogens (primary N) is 1. The number of hydrogen-bond acceptors (Lipinski definition) is 2. The van der Waals surface area contributed by atoms with E-state index in [0.29, 0.717) is 0 Å². The SMILES string of the molecule is Cc1ccc(C)c(OC(C)C(N)c2ccccc2)c1. The van der Waals surface area contributed by atoms with E-state index in [2.05, 4.69) is 32.0 Å². The summed E-state index contributed by atoms with van der Waals surface area (Å²) in [6.07, 6.45) is -0.0668. The maximum absolute atomic E-state index is 6.25. The van der Waals surface area contributed by atoms with E-state index >= 15 is 0 Å². The van der Waals surface area contributed by atoms with Gasteiger partial charge in [0.05, 0.1) is 6.04 Å². The lowest BCUT2D eigenvalue weighted by molar-refractivity contribution is 0.189. The van der Waals surface area contributed by atoms with Crippen molar-refractivity contribution in [2.45, 2.75) is 32.9 Å². The Morgan fingerprint density at radius 2 is 1.68 bits per heavy atom. The van der Waals surface area contributed by atoms with Crippen LogP contribution in [0.5, 0.6) is 5.75 Å². The van der Waals surface area contributed by atoms with Gasteiger partial charge in [-0.1, -0.05) is 42.5 Å². The number of ether oxygens (including phenoxy) is 1. The van der Waals surface area contributed by atoms with Crippen molar-refractivity contribution in [1.29, 1.82) is 0 Å². The topological polar surface area (TPSA) is 35.2 Å². The molecule has 0 saturated carbocycles. The molecule has 0 aliphatic rings. The van der Waals surface area contributed by atoms with E-state index in [1.807, 2.05) is 37.3 Å². The second-order valence-electron chi connectivity index (χ2n) is 5.03. The summed E-state index contributed by atoms with van der Waals surface area (Å²) < 4.78 is 6.02. The first-order chi connectivity index (χ1) is 9.08. The number of benzene rings is 2. The Kier molecular flexibility index (Phi) is 4.23. The molecule has 2 nitrogen and oxygen atoms in total. The normalized spacial score (nSPS) is 13.9. The summed E-state index contributed by atoms with van der Waals surface area (Å²) in [6, 6.07) is 16.2. The predicted octanol–water partition coefficient (Wildman–Crippen LogP) is 3.77. The summed E-state index contributed by atoms with van der Waals surface area (Å²) >= 11 is 0. The van der Waals surface area contributed by atoms with Gasteiger partial charge in [-0.15, -0.1) is 0 Å². The van der Waals surface area contributed by atoms with Crippen LogP contribution in [0.2, 0.25) is 0 Å². The number of rotatable bonds is 4. The first-order valence-corrected chi connectivity index (χ1v) is 6.62. The highest BCUT2D eigenvalue weighted by atomic mass is 16.5. The Morgan fingerprint density at radius 3 is 2.37 bits per heavy atom. The fourth-order valence-electron chi connectivity index (χ4n) is 2.05. The first kappa shape index (κ1) is 13.6. The minimum Gasteiger partial charge on any atom is -0.488 e. The molecular weight excluding hydrogens is 234 g/mol. The highest BCUT2D eigenvalue weighted by Gasteiger charge is 2.17. The van der Waals surface area contributed by atoms with Crippen molar-refractivity contribution in [2.75, 3.05) is 0 Å². The average Bonchev–Trinajstić information content (AvgIpc) is 2.43. The van der Waals surface area contributed by atoms with Gasteiger partial charge in [0, 0.05) is 0 Å². The lowest BCUT2D eigenvalue weighted by Crippen LogP contribution is -2.28. The molecular formula is C17H21NO. The number of aryl methyl sites for hydroxylation is 2. The molecule has 0 heterocycles. The fraction of sp³-hybridized carbons (Fsp3) is 0.294. The first-order valence-electron chi connectivity index (χ1n) is 6.62. The Balaban J connectivity index is 2.12. The second kappa shape index (κ2) is 5.89. The molecule has 0 spiro atoms. The summed E-state index contributed by atoms with van der Waals surface area (Å²) in [5.41, 5.74) is 9.68. The largest absolute Gasteiger partial charge is 0.488 e. The van der Waals surface area contributed by atoms with Crippen molar-refractivity contribution in [3.8, 4) is 5.75 Å². The summed E-state index contributed by atoms with van der Waals surface area (Å²) in [5.74, 6) is 0.916. The molecule has 2 aromatic rings. The van der Waals surface area contributed by atoms with Gasteiger partial charge >= 0.3 is 0 Å². The highest BCUT2D eigenvalue weighted by Crippen LogP contribution is 2.24. The molecule has 0 aliphatic heterocycles. The van der Waals surface area contributed by atoms with Crippen LogP contribution >= 0.6 is 0 Å². The molecule has 0 fully saturated rings. The third-order valence-corrected chi connectivity index (χ3v) is 3.35. The molecule has 0 bridgehead atoms. The van der Waals surface area contributed by atoms with E-state index < -0.39 is 0 Å². The Hall–Kier alpha value is -1.80. The molecule has 2 atom stereocenters. The van der Waals surface area contributed by atoms with E-state index in [4.69, 9.17) is 10.5 Å². The molecule has 100 valence electrons. The lowest BCUT2D eigenvalue weighted by Gasteiger charge is -2.23. The molecule has 0 saturated heterocycles. The second-order valence-corrected chi connectivity index (χ2v) is 5.03. The van der Waals surface area contributed by atoms with Gasteiger partial charge < -0.3 is 10.5 Å². The molecule has 2 heteroatoms. The quantitative estimate of drug-likeness (QED) is 0.902. The summed E-state index contributed by atoms with van der Waals surface area (Å²) in [7, 11) is 0. The molecule has 19 heavy (non-hydrogen) atoms. The monoisotopic (exact) mass is 255 g/mol. The highest BCUT2D eigenvalue weighted by molar-refractivity contribution is 5.36. The summed E-state index contributed by atoms with van der Waals surface area (Å²) in [6.45, 7) is 6.13. The fourth-order valence-corrected chi connectivity index (χ4v) is 2.05. The van der Waals surface area contributed by atoms with Crippen LogP contribution in [0.25, 0.3) is 0 Å². The Bertz CT molecular complexity index is 536. The third kappa shape index (κ3) is 3.36. The minimum absolute atomic E-state index is 0.0668. The molecule has 2 rings (SSSR count). The van der Waals surface area contributed by atoms with Crippen LogP contribution in [-0.2, 0) is 0 Å². The lowest BCUT2D eigenvalue weighted by atomic mass is 10.0. The third-order valence-electron chi connectivity index (χ3n) is 3.35. The van der Waals surface area contributed by atoms with Crippen molar-refractivity contribution in [3.05, 3.63) is 65.2 Å². The predicted molar refractivity (Wildman–Crippen MR) is 79.4 cm³/mol. The Morgan fingerprint density at radius 1 is 1.00 bits per heavy atom. The van der Waals surface area contributed by atoms with Gasteiger partial charge in [-0.3, -0.25) is 0 Å². The van der Waals surface area contributed by atoms with Gasteiger partial charge in [0.25, 0.3) is 0 Å². The van der Waals surface area contributed by atoms with E-state index in [9.17, 15) is 0 Å². The van der Waals surface area contributed by atoms with Crippen LogP contribution in [-0.4, -0.2) is 6.10 Å². The molecule has 2 unspecified atom stereocenters. The van der Waals surface area contributed by atoms with Gasteiger partial charge in [-0.2, -0.15) is 0 Å². The van der Waals surface area contributed by atoms with Crippen LogP contribution in [0.15, 0.2) is 48.5 Å². The summed E-state index contributed by atoms with van der Waals surface area (Å²) in [5, 5.41) is 0. The minimum atomic E-state index is -0.124. The standard InChI is InChI=1S/C17H21NO/c1-12-9-10-13(2)16(11-12)19-14(3)17(18)15-7-5-4-6-8-15/h4-11,14,17H,18H2,1-3H3. The van der Waals surface area contributed by atoms with Crippen LogP contribution in [0.1, 0.15) is 29.7 Å². The zero-order valence-electron chi connectivity index (χ0n) is 11.8. The van der Waals surface area contributed by atoms with E-state index in [0.717, 1.165) is 16.9 Å². The van der Waals surface area contributed by atoms with Crippen LogP contribution in [0, 0.1) is 13.8 Å². The van der Waals surface area contributed by atoms with Crippen molar-refractivity contribution in [1.82, 2.24) is 0 Å².